The van der Waals surface area contributed by atoms with Crippen LogP contribution in [0.3, 0.4) is 0 Å². The van der Waals surface area contributed by atoms with Gasteiger partial charge in [-0.1, -0.05) is 25.5 Å². The van der Waals surface area contributed by atoms with Crippen molar-refractivity contribution in [1.82, 2.24) is 5.32 Å². The molecule has 0 aliphatic heterocycles. The highest BCUT2D eigenvalue weighted by molar-refractivity contribution is 7.99. The van der Waals surface area contributed by atoms with Crippen molar-refractivity contribution in [2.45, 2.75) is 44.0 Å². The molecule has 3 nitrogen and oxygen atoms in total. The van der Waals surface area contributed by atoms with Crippen molar-refractivity contribution in [2.24, 2.45) is 0 Å². The Morgan fingerprint density at radius 2 is 2.15 bits per heavy atom. The molecule has 1 N–H and O–H groups in total. The quantitative estimate of drug-likeness (QED) is 0.836. The third-order valence-corrected chi connectivity index (χ3v) is 4.95. The number of thioether (sulfide) groups is 1. The Morgan fingerprint density at radius 3 is 2.85 bits per heavy atom. The molecule has 108 valence electrons. The van der Waals surface area contributed by atoms with Gasteiger partial charge in [0.1, 0.15) is 11.8 Å². The molecule has 4 heteroatoms. The molecule has 0 saturated heterocycles. The van der Waals surface area contributed by atoms with Gasteiger partial charge in [0.15, 0.2) is 6.61 Å². The molecule has 1 aromatic rings. The molecule has 2 unspecified atom stereocenters. The highest BCUT2D eigenvalue weighted by Crippen LogP contribution is 2.30. The fourth-order valence-corrected chi connectivity index (χ4v) is 3.87. The zero-order valence-corrected chi connectivity index (χ0v) is 12.8. The predicted octanol–water partition coefficient (Wildman–Crippen LogP) is 3.35. The van der Waals surface area contributed by atoms with Gasteiger partial charge in [-0.3, -0.25) is 0 Å². The molecule has 1 fully saturated rings. The molecule has 0 aromatic heterocycles. The topological polar surface area (TPSA) is 45.0 Å². The number of nitrogens with zero attached hydrogens (tertiary/aromatic N) is 1. The van der Waals surface area contributed by atoms with E-state index in [1.54, 1.807) is 0 Å². The average molecular weight is 290 g/mol. The molecule has 1 aliphatic carbocycles. The van der Waals surface area contributed by atoms with Crippen LogP contribution in [0.15, 0.2) is 24.3 Å². The summed E-state index contributed by atoms with van der Waals surface area (Å²) in [5.74, 6) is 1.96. The van der Waals surface area contributed by atoms with E-state index in [0.29, 0.717) is 6.04 Å². The van der Waals surface area contributed by atoms with E-state index in [0.717, 1.165) is 17.5 Å². The third kappa shape index (κ3) is 4.43. The van der Waals surface area contributed by atoms with Gasteiger partial charge in [0.25, 0.3) is 0 Å². The maximum Gasteiger partial charge on any atom is 0.174 e. The molecule has 2 rings (SSSR count). The monoisotopic (exact) mass is 290 g/mol. The van der Waals surface area contributed by atoms with Crippen molar-refractivity contribution in [3.8, 4) is 11.8 Å². The Labute approximate surface area is 125 Å². The molecule has 20 heavy (non-hydrogen) atoms. The van der Waals surface area contributed by atoms with Crippen LogP contribution in [0.25, 0.3) is 0 Å². The van der Waals surface area contributed by atoms with Crippen LogP contribution in [0.4, 0.5) is 0 Å². The van der Waals surface area contributed by atoms with Crippen LogP contribution in [0.2, 0.25) is 0 Å². The summed E-state index contributed by atoms with van der Waals surface area (Å²) in [4.78, 5) is 0. The number of nitriles is 1. The molecule has 0 amide bonds. The smallest absolute Gasteiger partial charge is 0.174 e. The zero-order chi connectivity index (χ0) is 14.2. The molecule has 0 heterocycles. The molecule has 2 atom stereocenters. The van der Waals surface area contributed by atoms with Crippen molar-refractivity contribution >= 4 is 11.8 Å². The minimum atomic E-state index is 0.107. The molecular formula is C16H22N2OS. The second kappa shape index (κ2) is 8.18. The highest BCUT2D eigenvalue weighted by Gasteiger charge is 2.26. The van der Waals surface area contributed by atoms with Crippen LogP contribution in [0, 0.1) is 11.3 Å². The number of hydrogen-bond donors (Lipinski definition) is 1. The van der Waals surface area contributed by atoms with Gasteiger partial charge >= 0.3 is 0 Å². The van der Waals surface area contributed by atoms with E-state index in [4.69, 9.17) is 10.00 Å². The molecular weight excluding hydrogens is 268 g/mol. The first-order chi connectivity index (χ1) is 9.83. The average Bonchev–Trinajstić information content (AvgIpc) is 2.92. The van der Waals surface area contributed by atoms with Gasteiger partial charge in [-0.2, -0.15) is 17.0 Å². The highest BCUT2D eigenvalue weighted by atomic mass is 32.2. The van der Waals surface area contributed by atoms with E-state index in [1.807, 2.05) is 18.2 Å². The van der Waals surface area contributed by atoms with E-state index in [-0.39, 0.29) is 6.61 Å². The summed E-state index contributed by atoms with van der Waals surface area (Å²) >= 11 is 2.08. The Bertz CT molecular complexity index is 441. The second-order valence-electron chi connectivity index (χ2n) is 5.00. The normalized spacial score (nSPS) is 21.6. The summed E-state index contributed by atoms with van der Waals surface area (Å²) in [6.45, 7) is 3.25. The predicted molar refractivity (Wildman–Crippen MR) is 83.9 cm³/mol. The van der Waals surface area contributed by atoms with Crippen molar-refractivity contribution in [3.63, 3.8) is 0 Å². The summed E-state index contributed by atoms with van der Waals surface area (Å²) in [6.07, 6.45) is 3.98. The van der Waals surface area contributed by atoms with Crippen molar-refractivity contribution in [3.05, 3.63) is 29.8 Å². The molecule has 0 bridgehead atoms. The van der Waals surface area contributed by atoms with E-state index >= 15 is 0 Å². The fraction of sp³-hybridized carbons (Fsp3) is 0.562. The van der Waals surface area contributed by atoms with Crippen LogP contribution in [0.1, 0.15) is 31.7 Å². The molecule has 1 aromatic carbocycles. The number of ether oxygens (including phenoxy) is 1. The Kier molecular flexibility index (Phi) is 6.23. The van der Waals surface area contributed by atoms with Crippen molar-refractivity contribution < 1.29 is 4.74 Å². The summed E-state index contributed by atoms with van der Waals surface area (Å²) < 4.78 is 5.25. The third-order valence-electron chi connectivity index (χ3n) is 3.63. The van der Waals surface area contributed by atoms with Crippen molar-refractivity contribution in [2.75, 3.05) is 12.4 Å². The summed E-state index contributed by atoms with van der Waals surface area (Å²) in [5.41, 5.74) is 1.27. The molecule has 0 spiro atoms. The van der Waals surface area contributed by atoms with E-state index in [2.05, 4.69) is 36.1 Å². The van der Waals surface area contributed by atoms with E-state index < -0.39 is 0 Å². The Hall–Kier alpha value is -1.18. The lowest BCUT2D eigenvalue weighted by molar-refractivity contribution is 0.368. The van der Waals surface area contributed by atoms with Gasteiger partial charge in [0.2, 0.25) is 0 Å². The van der Waals surface area contributed by atoms with Gasteiger partial charge in [0, 0.05) is 17.8 Å². The summed E-state index contributed by atoms with van der Waals surface area (Å²) in [7, 11) is 0. The van der Waals surface area contributed by atoms with E-state index in [1.165, 1.54) is 30.6 Å². The lowest BCUT2D eigenvalue weighted by Gasteiger charge is -2.20. The second-order valence-corrected chi connectivity index (χ2v) is 6.52. The Balaban J connectivity index is 1.80. The van der Waals surface area contributed by atoms with E-state index in [9.17, 15) is 0 Å². The van der Waals surface area contributed by atoms with Gasteiger partial charge in [-0.15, -0.1) is 0 Å². The Morgan fingerprint density at radius 1 is 1.35 bits per heavy atom. The number of benzene rings is 1. The van der Waals surface area contributed by atoms with Crippen LogP contribution in [-0.2, 0) is 6.54 Å². The number of nitrogens with one attached hydrogen (secondary N) is 1. The summed E-state index contributed by atoms with van der Waals surface area (Å²) in [6, 6.07) is 10.6. The van der Waals surface area contributed by atoms with Gasteiger partial charge in [-0.05, 0) is 36.3 Å². The maximum atomic E-state index is 8.47. The lowest BCUT2D eigenvalue weighted by Crippen LogP contribution is -2.33. The van der Waals surface area contributed by atoms with Crippen molar-refractivity contribution in [1.29, 1.82) is 5.26 Å². The van der Waals surface area contributed by atoms with Gasteiger partial charge < -0.3 is 10.1 Å². The van der Waals surface area contributed by atoms with Crippen LogP contribution in [0.5, 0.6) is 5.75 Å². The molecule has 1 aliphatic rings. The van der Waals surface area contributed by atoms with Gasteiger partial charge in [-0.25, -0.2) is 0 Å². The van der Waals surface area contributed by atoms with Gasteiger partial charge in [0.05, 0.1) is 0 Å². The van der Waals surface area contributed by atoms with Crippen LogP contribution in [-0.4, -0.2) is 23.7 Å². The minimum absolute atomic E-state index is 0.107. The van der Waals surface area contributed by atoms with Crippen LogP contribution < -0.4 is 10.1 Å². The number of rotatable bonds is 7. The standard InChI is InChI=1S/C16H22N2OS/c1-2-20-16-5-3-4-15(16)18-12-13-6-8-14(9-7-13)19-11-10-17/h6-9,15-16,18H,2-5,11-12H2,1H3. The summed E-state index contributed by atoms with van der Waals surface area (Å²) in [5, 5.41) is 12.9. The maximum absolute atomic E-state index is 8.47. The SMILES string of the molecule is CCSC1CCCC1NCc1ccc(OCC#N)cc1. The minimum Gasteiger partial charge on any atom is -0.479 e. The first kappa shape index (κ1) is 15.2. The largest absolute Gasteiger partial charge is 0.479 e. The van der Waals surface area contributed by atoms with Crippen LogP contribution >= 0.6 is 11.8 Å². The molecule has 0 radical (unpaired) electrons. The zero-order valence-electron chi connectivity index (χ0n) is 12.0. The first-order valence-electron chi connectivity index (χ1n) is 7.27. The first-order valence-corrected chi connectivity index (χ1v) is 8.32. The number of hydrogen-bond acceptors (Lipinski definition) is 4. The fourth-order valence-electron chi connectivity index (χ4n) is 2.64. The lowest BCUT2D eigenvalue weighted by atomic mass is 10.2. The molecule has 1 saturated carbocycles.